The summed E-state index contributed by atoms with van der Waals surface area (Å²) in [4.78, 5) is 11.3. The second-order valence-corrected chi connectivity index (χ2v) is 25.9. The van der Waals surface area contributed by atoms with Gasteiger partial charge in [-0.05, 0) is 72.6 Å². The Morgan fingerprint density at radius 2 is 1.53 bits per heavy atom. The summed E-state index contributed by atoms with van der Waals surface area (Å²) in [7, 11) is -2.73. The Bertz CT molecular complexity index is 1150. The average Bonchev–Trinajstić information content (AvgIpc) is 3.26. The molecule has 2 aliphatic carbocycles. The van der Waals surface area contributed by atoms with Gasteiger partial charge in [0.2, 0.25) is 0 Å². The third-order valence-electron chi connectivity index (χ3n) is 11.1. The quantitative estimate of drug-likeness (QED) is 0.111. The van der Waals surface area contributed by atoms with Crippen LogP contribution in [0.4, 0.5) is 0 Å². The first-order chi connectivity index (χ1) is 20.9. The molecule has 1 N–H and O–H groups in total. The Hall–Kier alpha value is -1.48. The predicted molar refractivity (Wildman–Crippen MR) is 188 cm³/mol. The van der Waals surface area contributed by atoms with Gasteiger partial charge in [-0.3, -0.25) is 0 Å². The predicted octanol–water partition coefficient (Wildman–Crippen LogP) is 8.77. The van der Waals surface area contributed by atoms with Crippen molar-refractivity contribution in [1.82, 2.24) is 0 Å². The van der Waals surface area contributed by atoms with Gasteiger partial charge in [0.1, 0.15) is 13.2 Å². The van der Waals surface area contributed by atoms with Crippen LogP contribution in [-0.4, -0.2) is 60.2 Å². The van der Waals surface area contributed by atoms with Crippen LogP contribution < -0.4 is 0 Å². The highest BCUT2D eigenvalue weighted by Crippen LogP contribution is 2.49. The molecule has 8 heteroatoms. The van der Waals surface area contributed by atoms with Gasteiger partial charge < -0.3 is 23.4 Å². The Morgan fingerprint density at radius 1 is 0.933 bits per heavy atom. The van der Waals surface area contributed by atoms with Gasteiger partial charge in [0.15, 0.2) is 16.6 Å². The molecule has 0 spiro atoms. The first-order valence-corrected chi connectivity index (χ1v) is 22.9. The third-order valence-corrected chi connectivity index (χ3v) is 20.1. The normalized spacial score (nSPS) is 24.2. The smallest absolute Gasteiger partial charge is 0.331 e. The molecule has 2 aliphatic rings. The minimum Gasteiger partial charge on any atom is -0.467 e. The molecule has 5 atom stereocenters. The average molecular weight is 659 g/mol. The molecule has 0 bridgehead atoms. The van der Waals surface area contributed by atoms with E-state index in [1.807, 2.05) is 0 Å². The molecule has 2 fully saturated rings. The first kappa shape index (κ1) is 38.0. The second kappa shape index (κ2) is 15.6. The monoisotopic (exact) mass is 658 g/mol. The summed E-state index contributed by atoms with van der Waals surface area (Å²) in [5, 5.41) is 11.6. The van der Waals surface area contributed by atoms with Gasteiger partial charge >= 0.3 is 5.97 Å². The Labute approximate surface area is 276 Å². The van der Waals surface area contributed by atoms with E-state index in [4.69, 9.17) is 13.6 Å². The molecule has 254 valence electrons. The number of esters is 1. The Kier molecular flexibility index (Phi) is 13.2. The minimum absolute atomic E-state index is 0.0305. The van der Waals surface area contributed by atoms with Crippen molar-refractivity contribution >= 4 is 22.6 Å². The number of aliphatic hydroxyl groups is 1. The van der Waals surface area contributed by atoms with Crippen molar-refractivity contribution in [3.8, 4) is 11.8 Å². The van der Waals surface area contributed by atoms with Gasteiger partial charge in [-0.15, -0.1) is 5.92 Å². The lowest BCUT2D eigenvalue weighted by atomic mass is 9.81. The molecule has 1 aromatic rings. The summed E-state index contributed by atoms with van der Waals surface area (Å²) in [6, 6.07) is 9.12. The largest absolute Gasteiger partial charge is 0.467 e. The fraction of sp³-hybridized carbons (Fsp3) is 0.757. The zero-order valence-corrected chi connectivity index (χ0v) is 32.1. The van der Waals surface area contributed by atoms with Crippen LogP contribution in [0.1, 0.15) is 110 Å². The highest BCUT2D eigenvalue weighted by atomic mass is 28.4. The maximum Gasteiger partial charge on any atom is 0.331 e. The van der Waals surface area contributed by atoms with Crippen LogP contribution in [-0.2, 0) is 23.1 Å². The van der Waals surface area contributed by atoms with E-state index in [-0.39, 0.29) is 47.3 Å². The van der Waals surface area contributed by atoms with Gasteiger partial charge in [0, 0.05) is 18.3 Å². The lowest BCUT2D eigenvalue weighted by molar-refractivity contribution is -0.145. The van der Waals surface area contributed by atoms with Gasteiger partial charge in [-0.25, -0.2) is 4.79 Å². The highest BCUT2D eigenvalue weighted by Gasteiger charge is 2.48. The maximum atomic E-state index is 11.4. The molecule has 0 aliphatic heterocycles. The summed E-state index contributed by atoms with van der Waals surface area (Å²) in [5.41, 5.74) is 2.47. The zero-order valence-electron chi connectivity index (χ0n) is 30.1. The molecule has 0 amide bonds. The third kappa shape index (κ3) is 10.0. The number of aliphatic hydroxyl groups excluding tert-OH is 1. The molecular weight excluding hydrogens is 597 g/mol. The number of carbonyl (C=O) groups excluding carboxylic acids is 1. The lowest BCUT2D eigenvalue weighted by Gasteiger charge is -2.42. The number of carbonyl (C=O) groups is 1. The number of hydrogen-bond acceptors (Lipinski definition) is 6. The molecule has 0 radical (unpaired) electrons. The van der Waals surface area contributed by atoms with Gasteiger partial charge in [-0.1, -0.05) is 91.0 Å². The van der Waals surface area contributed by atoms with Crippen molar-refractivity contribution in [2.75, 3.05) is 20.3 Å². The first-order valence-electron chi connectivity index (χ1n) is 17.1. The van der Waals surface area contributed by atoms with Crippen LogP contribution in [0.25, 0.3) is 0 Å². The summed E-state index contributed by atoms with van der Waals surface area (Å²) < 4.78 is 24.2. The van der Waals surface area contributed by atoms with Crippen molar-refractivity contribution in [1.29, 1.82) is 0 Å². The molecule has 0 heterocycles. The van der Waals surface area contributed by atoms with Gasteiger partial charge in [0.25, 0.3) is 0 Å². The zero-order chi connectivity index (χ0) is 33.6. The number of ether oxygens (including phenoxy) is 2. The summed E-state index contributed by atoms with van der Waals surface area (Å²) in [6.07, 6.45) is 6.99. The van der Waals surface area contributed by atoms with Crippen LogP contribution in [0, 0.1) is 23.7 Å². The van der Waals surface area contributed by atoms with E-state index < -0.39 is 28.7 Å². The topological polar surface area (TPSA) is 74.2 Å². The minimum atomic E-state index is -2.09. The van der Waals surface area contributed by atoms with Crippen molar-refractivity contribution in [2.24, 2.45) is 11.8 Å². The molecule has 2 saturated carbocycles. The standard InChI is InChI=1S/C37H62O6Si2/c1-36(2,3)44(8,9)42-32-25-31(38)30(19-15-16-24-41-26-33(39)40-7)34(32)27-20-22-29(23-21-27)35(28-17-13-12-14-18-28)43-45(10,11)37(4,5)6/h20-23,28,30-32,34-35,38H,12-14,17-19,24-26H2,1-11H3/t30-,31-,32+,34+,35?/m0/s1. The van der Waals surface area contributed by atoms with E-state index in [9.17, 15) is 9.90 Å². The number of methoxy groups -OCH3 is 1. The van der Waals surface area contributed by atoms with E-state index in [0.29, 0.717) is 18.8 Å². The highest BCUT2D eigenvalue weighted by molar-refractivity contribution is 6.74. The van der Waals surface area contributed by atoms with Crippen LogP contribution >= 0.6 is 0 Å². The van der Waals surface area contributed by atoms with E-state index in [0.717, 1.165) is 0 Å². The summed E-state index contributed by atoms with van der Waals surface area (Å²) >= 11 is 0. The number of benzene rings is 1. The molecule has 6 nitrogen and oxygen atoms in total. The van der Waals surface area contributed by atoms with Crippen molar-refractivity contribution < 1.29 is 28.2 Å². The summed E-state index contributed by atoms with van der Waals surface area (Å²) in [6.45, 7) is 23.1. The second-order valence-electron chi connectivity index (χ2n) is 16.4. The molecular formula is C37H62O6Si2. The maximum absolute atomic E-state index is 11.4. The summed E-state index contributed by atoms with van der Waals surface area (Å²) in [5.74, 6) is 6.36. The van der Waals surface area contributed by atoms with Crippen molar-refractivity contribution in [3.05, 3.63) is 35.4 Å². The molecule has 45 heavy (non-hydrogen) atoms. The Balaban J connectivity index is 1.91. The lowest BCUT2D eigenvalue weighted by Crippen LogP contribution is -2.44. The van der Waals surface area contributed by atoms with E-state index in [1.165, 1.54) is 50.3 Å². The SMILES string of the molecule is COC(=O)COCC#CC[C@@H]1[C@@H](c2ccc(C(O[Si](C)(C)C(C)(C)C)C3CCCCC3)cc2)[C@H](O[Si](C)(C)C(C)(C)C)C[C@@H]1O. The van der Waals surface area contributed by atoms with Crippen LogP contribution in [0.3, 0.4) is 0 Å². The molecule has 0 saturated heterocycles. The van der Waals surface area contributed by atoms with Crippen molar-refractivity contribution in [3.63, 3.8) is 0 Å². The molecule has 1 aromatic carbocycles. The van der Waals surface area contributed by atoms with E-state index >= 15 is 0 Å². The number of rotatable bonds is 11. The van der Waals surface area contributed by atoms with Crippen LogP contribution in [0.5, 0.6) is 0 Å². The number of hydrogen-bond donors (Lipinski definition) is 1. The van der Waals surface area contributed by atoms with E-state index in [2.05, 4.69) is 109 Å². The van der Waals surface area contributed by atoms with Crippen LogP contribution in [0.2, 0.25) is 36.3 Å². The fourth-order valence-corrected chi connectivity index (χ4v) is 8.91. The molecule has 0 aromatic heterocycles. The van der Waals surface area contributed by atoms with E-state index in [1.54, 1.807) is 0 Å². The van der Waals surface area contributed by atoms with Crippen molar-refractivity contribution in [2.45, 2.75) is 147 Å². The van der Waals surface area contributed by atoms with Gasteiger partial charge in [0.05, 0.1) is 25.4 Å². The molecule has 1 unspecified atom stereocenters. The van der Waals surface area contributed by atoms with Gasteiger partial charge in [-0.2, -0.15) is 0 Å². The van der Waals surface area contributed by atoms with Crippen LogP contribution in [0.15, 0.2) is 24.3 Å². The molecule has 3 rings (SSSR count). The fourth-order valence-electron chi connectivity index (χ4n) is 6.24. The Morgan fingerprint density at radius 3 is 2.09 bits per heavy atom.